The van der Waals surface area contributed by atoms with Crippen LogP contribution < -0.4 is 10.6 Å². The van der Waals surface area contributed by atoms with Gasteiger partial charge in [0.2, 0.25) is 0 Å². The molecule has 0 spiro atoms. The summed E-state index contributed by atoms with van der Waals surface area (Å²) in [5.74, 6) is 0.386. The first-order valence-electron chi connectivity index (χ1n) is 7.47. The van der Waals surface area contributed by atoms with Crippen molar-refractivity contribution in [1.82, 2.24) is 20.1 Å². The van der Waals surface area contributed by atoms with E-state index in [1.165, 1.54) is 6.26 Å². The average Bonchev–Trinajstić information content (AvgIpc) is 3.16. The summed E-state index contributed by atoms with van der Waals surface area (Å²) in [4.78, 5) is 16.3. The fourth-order valence-electron chi connectivity index (χ4n) is 2.48. The van der Waals surface area contributed by atoms with Crippen LogP contribution in [-0.4, -0.2) is 32.4 Å². The van der Waals surface area contributed by atoms with E-state index in [-0.39, 0.29) is 6.54 Å². The number of carbonyl (C=O) groups is 1. The van der Waals surface area contributed by atoms with Gasteiger partial charge in [0.05, 0.1) is 30.4 Å². The molecule has 0 saturated carbocycles. The summed E-state index contributed by atoms with van der Waals surface area (Å²) < 4.78 is 6.86. The molecule has 3 heterocycles. The number of hydrogen-bond acceptors (Lipinski definition) is 5. The number of carbonyl (C=O) groups excluding carboxylic acids is 1. The first-order valence-corrected chi connectivity index (χ1v) is 7.47. The highest BCUT2D eigenvalue weighted by Gasteiger charge is 2.26. The van der Waals surface area contributed by atoms with Gasteiger partial charge in [0.1, 0.15) is 11.4 Å². The number of fused-ring (bicyclic) bond motifs is 1. The van der Waals surface area contributed by atoms with Gasteiger partial charge in [-0.05, 0) is 32.0 Å². The second kappa shape index (κ2) is 5.97. The van der Waals surface area contributed by atoms with Crippen molar-refractivity contribution in [3.05, 3.63) is 42.1 Å². The number of anilines is 1. The number of pyridine rings is 1. The van der Waals surface area contributed by atoms with Crippen LogP contribution in [0.15, 0.2) is 35.1 Å². The van der Waals surface area contributed by atoms with Crippen LogP contribution in [0, 0.1) is 6.92 Å². The van der Waals surface area contributed by atoms with Crippen molar-refractivity contribution in [3.63, 3.8) is 0 Å². The zero-order valence-electron chi connectivity index (χ0n) is 13.7. The van der Waals surface area contributed by atoms with E-state index in [4.69, 9.17) is 4.42 Å². The molecule has 0 aliphatic carbocycles. The average molecular weight is 329 g/mol. The van der Waals surface area contributed by atoms with Crippen LogP contribution in [0.25, 0.3) is 11.0 Å². The molecule has 0 radical (unpaired) electrons. The van der Waals surface area contributed by atoms with Crippen LogP contribution >= 0.6 is 0 Å². The van der Waals surface area contributed by atoms with Gasteiger partial charge in [-0.25, -0.2) is 9.78 Å². The number of furan rings is 1. The van der Waals surface area contributed by atoms with Gasteiger partial charge in [-0.2, -0.15) is 5.10 Å². The van der Waals surface area contributed by atoms with E-state index in [2.05, 4.69) is 20.7 Å². The van der Waals surface area contributed by atoms with Crippen LogP contribution in [0.4, 0.5) is 10.5 Å². The summed E-state index contributed by atoms with van der Waals surface area (Å²) in [5, 5.41) is 20.8. The Morgan fingerprint density at radius 1 is 1.50 bits per heavy atom. The smallest absolute Gasteiger partial charge is 0.319 e. The van der Waals surface area contributed by atoms with Gasteiger partial charge in [0, 0.05) is 12.4 Å². The number of amides is 2. The molecule has 2 amide bonds. The molecule has 0 aliphatic rings. The maximum absolute atomic E-state index is 12.0. The molecule has 3 aromatic heterocycles. The Hall–Kier alpha value is -2.87. The third-order valence-corrected chi connectivity index (χ3v) is 3.77. The number of urea groups is 1. The van der Waals surface area contributed by atoms with Gasteiger partial charge < -0.3 is 20.2 Å². The Morgan fingerprint density at radius 2 is 2.29 bits per heavy atom. The molecule has 3 N–H and O–H groups in total. The molecule has 0 bridgehead atoms. The van der Waals surface area contributed by atoms with Gasteiger partial charge >= 0.3 is 6.03 Å². The highest BCUT2D eigenvalue weighted by Crippen LogP contribution is 2.21. The van der Waals surface area contributed by atoms with Gasteiger partial charge in [-0.3, -0.25) is 4.68 Å². The van der Waals surface area contributed by atoms with Crippen molar-refractivity contribution in [3.8, 4) is 0 Å². The summed E-state index contributed by atoms with van der Waals surface area (Å²) in [6.45, 7) is 3.46. The molecule has 126 valence electrons. The second-order valence-electron chi connectivity index (χ2n) is 5.86. The summed E-state index contributed by atoms with van der Waals surface area (Å²) >= 11 is 0. The number of nitrogens with one attached hydrogen (secondary N) is 2. The fraction of sp³-hybridized carbons (Fsp3) is 0.312. The third-order valence-electron chi connectivity index (χ3n) is 3.77. The lowest BCUT2D eigenvalue weighted by Gasteiger charge is -2.21. The van der Waals surface area contributed by atoms with E-state index in [0.29, 0.717) is 11.4 Å². The number of aromatic nitrogens is 3. The zero-order chi connectivity index (χ0) is 17.3. The predicted molar refractivity (Wildman–Crippen MR) is 88.5 cm³/mol. The fourth-order valence-corrected chi connectivity index (χ4v) is 2.48. The maximum Gasteiger partial charge on any atom is 0.319 e. The number of rotatable bonds is 4. The highest BCUT2D eigenvalue weighted by molar-refractivity contribution is 5.92. The number of hydrogen-bond donors (Lipinski definition) is 3. The van der Waals surface area contributed by atoms with E-state index >= 15 is 0 Å². The van der Waals surface area contributed by atoms with E-state index in [1.54, 1.807) is 29.9 Å². The zero-order valence-corrected chi connectivity index (χ0v) is 13.7. The lowest BCUT2D eigenvalue weighted by Crippen LogP contribution is -2.40. The first-order chi connectivity index (χ1) is 11.4. The lowest BCUT2D eigenvalue weighted by atomic mass is 10.0. The van der Waals surface area contributed by atoms with Crippen molar-refractivity contribution in [2.45, 2.75) is 19.4 Å². The molecular weight excluding hydrogens is 310 g/mol. The van der Waals surface area contributed by atoms with E-state index in [1.807, 2.05) is 20.0 Å². The molecule has 0 fully saturated rings. The Morgan fingerprint density at radius 3 is 3.00 bits per heavy atom. The summed E-state index contributed by atoms with van der Waals surface area (Å²) in [6, 6.07) is 4.71. The minimum Gasteiger partial charge on any atom is -0.466 e. The Balaban J connectivity index is 1.66. The maximum atomic E-state index is 12.0. The topological polar surface area (TPSA) is 105 Å². The summed E-state index contributed by atoms with van der Waals surface area (Å²) in [7, 11) is 1.82. The Kier molecular flexibility index (Phi) is 3.98. The van der Waals surface area contributed by atoms with Crippen LogP contribution in [0.2, 0.25) is 0 Å². The monoisotopic (exact) mass is 329 g/mol. The molecule has 3 rings (SSSR count). The minimum absolute atomic E-state index is 0.00788. The Bertz CT molecular complexity index is 867. The normalized spacial score (nSPS) is 13.7. The SMILES string of the molecule is Cc1nn(C)c2ncc(NC(=O)NC[C@@](C)(O)c3ccco3)cc12. The highest BCUT2D eigenvalue weighted by atomic mass is 16.4. The van der Waals surface area contributed by atoms with Crippen LogP contribution in [-0.2, 0) is 12.6 Å². The quantitative estimate of drug-likeness (QED) is 0.678. The molecule has 0 saturated heterocycles. The van der Waals surface area contributed by atoms with Crippen LogP contribution in [0.1, 0.15) is 18.4 Å². The van der Waals surface area contributed by atoms with E-state index in [0.717, 1.165) is 16.7 Å². The van der Waals surface area contributed by atoms with E-state index in [9.17, 15) is 9.90 Å². The van der Waals surface area contributed by atoms with Gasteiger partial charge in [0.15, 0.2) is 5.65 Å². The number of aryl methyl sites for hydroxylation is 2. The van der Waals surface area contributed by atoms with Crippen LogP contribution in [0.5, 0.6) is 0 Å². The molecule has 3 aromatic rings. The molecule has 24 heavy (non-hydrogen) atoms. The number of nitrogens with zero attached hydrogens (tertiary/aromatic N) is 3. The van der Waals surface area contributed by atoms with Crippen molar-refractivity contribution in [2.75, 3.05) is 11.9 Å². The summed E-state index contributed by atoms with van der Waals surface area (Å²) in [5.41, 5.74) is 0.848. The molecule has 8 nitrogen and oxygen atoms in total. The first kappa shape index (κ1) is 16.0. The standard InChI is InChI=1S/C16H19N5O3/c1-10-12-7-11(8-17-14(12)21(3)20-10)19-15(22)18-9-16(2,23)13-5-4-6-24-13/h4-8,23H,9H2,1-3H3,(H2,18,19,22)/t16-/m1/s1. The van der Waals surface area contributed by atoms with E-state index < -0.39 is 11.6 Å². The predicted octanol–water partition coefficient (Wildman–Crippen LogP) is 1.90. The lowest BCUT2D eigenvalue weighted by molar-refractivity contribution is 0.0372. The Labute approximate surface area is 138 Å². The van der Waals surface area contributed by atoms with Crippen molar-refractivity contribution in [1.29, 1.82) is 0 Å². The minimum atomic E-state index is -1.29. The van der Waals surface area contributed by atoms with Crippen LogP contribution in [0.3, 0.4) is 0 Å². The van der Waals surface area contributed by atoms with Crippen molar-refractivity contribution >= 4 is 22.8 Å². The second-order valence-corrected chi connectivity index (χ2v) is 5.86. The van der Waals surface area contributed by atoms with Gasteiger partial charge in [-0.1, -0.05) is 0 Å². The van der Waals surface area contributed by atoms with Gasteiger partial charge in [-0.15, -0.1) is 0 Å². The van der Waals surface area contributed by atoms with Crippen molar-refractivity contribution < 1.29 is 14.3 Å². The molecule has 1 atom stereocenters. The van der Waals surface area contributed by atoms with Gasteiger partial charge in [0.25, 0.3) is 0 Å². The largest absolute Gasteiger partial charge is 0.466 e. The number of aliphatic hydroxyl groups is 1. The molecule has 0 aliphatic heterocycles. The molecule has 0 aromatic carbocycles. The third kappa shape index (κ3) is 3.09. The molecular formula is C16H19N5O3. The van der Waals surface area contributed by atoms with Crippen molar-refractivity contribution in [2.24, 2.45) is 7.05 Å². The molecule has 0 unspecified atom stereocenters. The molecule has 8 heteroatoms. The summed E-state index contributed by atoms with van der Waals surface area (Å²) in [6.07, 6.45) is 3.04.